The zero-order valence-corrected chi connectivity index (χ0v) is 16.1. The summed E-state index contributed by atoms with van der Waals surface area (Å²) in [5.41, 5.74) is 0.734. The lowest BCUT2D eigenvalue weighted by molar-refractivity contribution is -0.138. The van der Waals surface area contributed by atoms with Crippen molar-refractivity contribution in [1.29, 1.82) is 0 Å². The van der Waals surface area contributed by atoms with Gasteiger partial charge in [0.1, 0.15) is 6.54 Å². The van der Waals surface area contributed by atoms with E-state index in [9.17, 15) is 9.59 Å². The molecule has 1 aromatic carbocycles. The monoisotopic (exact) mass is 404 g/mol. The quantitative estimate of drug-likeness (QED) is 0.563. The fraction of sp³-hybridized carbons (Fsp3) is 0.474. The van der Waals surface area contributed by atoms with Crippen LogP contribution >= 0.6 is 0 Å². The normalized spacial score (nSPS) is 14.4. The molecule has 1 aliphatic heterocycles. The number of amides is 1. The number of hydrogen-bond donors (Lipinski definition) is 3. The molecule has 1 aromatic heterocycles. The van der Waals surface area contributed by atoms with Gasteiger partial charge in [-0.1, -0.05) is 5.16 Å². The summed E-state index contributed by atoms with van der Waals surface area (Å²) in [5.74, 6) is 0.839. The predicted octanol–water partition coefficient (Wildman–Crippen LogP) is 1.18. The van der Waals surface area contributed by atoms with Crippen molar-refractivity contribution >= 4 is 11.9 Å². The van der Waals surface area contributed by atoms with Gasteiger partial charge in [0, 0.05) is 11.5 Å². The standard InChI is InChI=1S/C19H24N4O6/c1-27-15-10-13(18-22-19(29-23-18)12-4-7-20-8-5-12)2-3-14(15)28-9-6-16(24)21-11-17(25)26/h2-3,10,12,20H,4-9,11H2,1H3,(H,21,24)(H,25,26). The Labute approximate surface area is 167 Å². The molecule has 0 radical (unpaired) electrons. The van der Waals surface area contributed by atoms with Gasteiger partial charge in [-0.15, -0.1) is 0 Å². The smallest absolute Gasteiger partial charge is 0.322 e. The largest absolute Gasteiger partial charge is 0.493 e. The van der Waals surface area contributed by atoms with Crippen LogP contribution < -0.4 is 20.1 Å². The average Bonchev–Trinajstić information content (AvgIpc) is 3.23. The highest BCUT2D eigenvalue weighted by atomic mass is 16.5. The third kappa shape index (κ3) is 5.67. The second-order valence-electron chi connectivity index (χ2n) is 6.62. The molecule has 0 saturated carbocycles. The van der Waals surface area contributed by atoms with Gasteiger partial charge in [0.05, 0.1) is 20.1 Å². The predicted molar refractivity (Wildman–Crippen MR) is 102 cm³/mol. The van der Waals surface area contributed by atoms with Crippen molar-refractivity contribution in [2.75, 3.05) is 33.4 Å². The summed E-state index contributed by atoms with van der Waals surface area (Å²) in [5, 5.41) is 18.2. The Bertz CT molecular complexity index is 847. The van der Waals surface area contributed by atoms with E-state index in [2.05, 4.69) is 20.8 Å². The van der Waals surface area contributed by atoms with Gasteiger partial charge >= 0.3 is 5.97 Å². The number of rotatable bonds is 9. The van der Waals surface area contributed by atoms with E-state index < -0.39 is 18.4 Å². The first-order valence-electron chi connectivity index (χ1n) is 9.41. The van der Waals surface area contributed by atoms with Crippen LogP contribution in [0.15, 0.2) is 22.7 Å². The first-order chi connectivity index (χ1) is 14.1. The highest BCUT2D eigenvalue weighted by molar-refractivity contribution is 5.81. The number of carboxylic acid groups (broad SMARTS) is 1. The number of aromatic nitrogens is 2. The van der Waals surface area contributed by atoms with E-state index in [0.29, 0.717) is 23.2 Å². The SMILES string of the molecule is COc1cc(-c2noc(C3CCNCC3)n2)ccc1OCCC(=O)NCC(=O)O. The molecule has 1 saturated heterocycles. The van der Waals surface area contributed by atoms with Gasteiger partial charge in [-0.3, -0.25) is 9.59 Å². The maximum Gasteiger partial charge on any atom is 0.322 e. The lowest BCUT2D eigenvalue weighted by Crippen LogP contribution is -2.30. The molecule has 0 unspecified atom stereocenters. The molecular formula is C19H24N4O6. The van der Waals surface area contributed by atoms with Gasteiger partial charge < -0.3 is 29.7 Å². The fourth-order valence-corrected chi connectivity index (χ4v) is 3.03. The van der Waals surface area contributed by atoms with Crippen molar-refractivity contribution in [1.82, 2.24) is 20.8 Å². The number of aliphatic carboxylic acids is 1. The topological polar surface area (TPSA) is 136 Å². The van der Waals surface area contributed by atoms with Gasteiger partial charge in [0.25, 0.3) is 0 Å². The van der Waals surface area contributed by atoms with Gasteiger partial charge in [-0.05, 0) is 44.1 Å². The Morgan fingerprint density at radius 2 is 2.10 bits per heavy atom. The van der Waals surface area contributed by atoms with Crippen LogP contribution in [0.5, 0.6) is 11.5 Å². The van der Waals surface area contributed by atoms with Crippen LogP contribution in [-0.2, 0) is 9.59 Å². The van der Waals surface area contributed by atoms with Crippen molar-refractivity contribution in [3.05, 3.63) is 24.1 Å². The van der Waals surface area contributed by atoms with Crippen LogP contribution in [0.1, 0.15) is 31.1 Å². The minimum atomic E-state index is -1.10. The Balaban J connectivity index is 1.60. The van der Waals surface area contributed by atoms with Gasteiger partial charge in [-0.2, -0.15) is 4.98 Å². The van der Waals surface area contributed by atoms with E-state index in [4.69, 9.17) is 19.1 Å². The van der Waals surface area contributed by atoms with Crippen LogP contribution in [0, 0.1) is 0 Å². The molecule has 1 aliphatic rings. The van der Waals surface area contributed by atoms with Crippen LogP contribution in [0.3, 0.4) is 0 Å². The van der Waals surface area contributed by atoms with Crippen molar-refractivity contribution in [2.45, 2.75) is 25.2 Å². The molecule has 0 bridgehead atoms. The molecule has 0 spiro atoms. The minimum Gasteiger partial charge on any atom is -0.493 e. The van der Waals surface area contributed by atoms with Gasteiger partial charge in [0.2, 0.25) is 17.6 Å². The Kier molecular flexibility index (Phi) is 7.01. The number of piperidine rings is 1. The Hall–Kier alpha value is -3.14. The third-order valence-electron chi connectivity index (χ3n) is 4.58. The first kappa shape index (κ1) is 20.6. The highest BCUT2D eigenvalue weighted by Gasteiger charge is 2.22. The van der Waals surface area contributed by atoms with Crippen LogP contribution in [0.25, 0.3) is 11.4 Å². The zero-order chi connectivity index (χ0) is 20.6. The van der Waals surface area contributed by atoms with E-state index in [1.54, 1.807) is 18.2 Å². The van der Waals surface area contributed by atoms with Crippen LogP contribution in [0.4, 0.5) is 0 Å². The lowest BCUT2D eigenvalue weighted by Gasteiger charge is -2.18. The molecule has 156 valence electrons. The molecule has 0 atom stereocenters. The third-order valence-corrected chi connectivity index (χ3v) is 4.58. The summed E-state index contributed by atoms with van der Waals surface area (Å²) >= 11 is 0. The highest BCUT2D eigenvalue weighted by Crippen LogP contribution is 2.32. The number of hydrogen-bond acceptors (Lipinski definition) is 8. The minimum absolute atomic E-state index is 0.0304. The number of methoxy groups -OCH3 is 1. The van der Waals surface area contributed by atoms with Gasteiger partial charge in [-0.25, -0.2) is 0 Å². The summed E-state index contributed by atoms with van der Waals surface area (Å²) < 4.78 is 16.4. The fourth-order valence-electron chi connectivity index (χ4n) is 3.03. The first-order valence-corrected chi connectivity index (χ1v) is 9.41. The molecule has 10 heteroatoms. The number of benzene rings is 1. The van der Waals surface area contributed by atoms with E-state index in [1.165, 1.54) is 7.11 Å². The summed E-state index contributed by atoms with van der Waals surface area (Å²) in [6.45, 7) is 1.55. The molecular weight excluding hydrogens is 380 g/mol. The summed E-state index contributed by atoms with van der Waals surface area (Å²) in [6.07, 6.45) is 1.97. The molecule has 1 amide bonds. The number of ether oxygens (including phenoxy) is 2. The maximum absolute atomic E-state index is 11.5. The summed E-state index contributed by atoms with van der Waals surface area (Å²) in [4.78, 5) is 26.5. The van der Waals surface area contributed by atoms with Gasteiger partial charge in [0.15, 0.2) is 11.5 Å². The number of nitrogens with zero attached hydrogens (tertiary/aromatic N) is 2. The molecule has 3 N–H and O–H groups in total. The van der Waals surface area contributed by atoms with Crippen molar-refractivity contribution < 1.29 is 28.7 Å². The van der Waals surface area contributed by atoms with Crippen molar-refractivity contribution in [2.24, 2.45) is 0 Å². The lowest BCUT2D eigenvalue weighted by atomic mass is 9.98. The maximum atomic E-state index is 11.5. The molecule has 10 nitrogen and oxygen atoms in total. The second-order valence-corrected chi connectivity index (χ2v) is 6.62. The number of carbonyl (C=O) groups is 2. The summed E-state index contributed by atoms with van der Waals surface area (Å²) in [6, 6.07) is 5.25. The number of carbonyl (C=O) groups excluding carboxylic acids is 1. The molecule has 1 fully saturated rings. The van der Waals surface area contributed by atoms with E-state index in [-0.39, 0.29) is 18.9 Å². The Morgan fingerprint density at radius 1 is 1.31 bits per heavy atom. The zero-order valence-electron chi connectivity index (χ0n) is 16.1. The molecule has 2 aromatic rings. The Morgan fingerprint density at radius 3 is 2.83 bits per heavy atom. The second kappa shape index (κ2) is 9.87. The van der Waals surface area contributed by atoms with Crippen molar-refractivity contribution in [3.8, 4) is 22.9 Å². The van der Waals surface area contributed by atoms with Crippen LogP contribution in [0.2, 0.25) is 0 Å². The van der Waals surface area contributed by atoms with E-state index >= 15 is 0 Å². The molecule has 0 aliphatic carbocycles. The van der Waals surface area contributed by atoms with E-state index in [1.807, 2.05) is 0 Å². The molecule has 2 heterocycles. The number of nitrogens with one attached hydrogen (secondary N) is 2. The van der Waals surface area contributed by atoms with Crippen molar-refractivity contribution in [3.63, 3.8) is 0 Å². The number of carboxylic acids is 1. The van der Waals surface area contributed by atoms with Crippen LogP contribution in [-0.4, -0.2) is 60.5 Å². The van der Waals surface area contributed by atoms with E-state index in [0.717, 1.165) is 31.5 Å². The molecule has 3 rings (SSSR count). The average molecular weight is 404 g/mol. The summed E-state index contributed by atoms with van der Waals surface area (Å²) in [7, 11) is 1.52. The molecule has 29 heavy (non-hydrogen) atoms.